The number of fused-ring (bicyclic) bond motifs is 2. The van der Waals surface area contributed by atoms with Gasteiger partial charge in [-0.15, -0.1) is 0 Å². The first-order valence-corrected chi connectivity index (χ1v) is 10.0. The minimum Gasteiger partial charge on any atom is -0.397 e. The molecule has 2 heterocycles. The van der Waals surface area contributed by atoms with Crippen molar-refractivity contribution in [2.45, 2.75) is 25.7 Å². The maximum atomic E-state index is 13.3. The van der Waals surface area contributed by atoms with Crippen LogP contribution in [0.4, 0.5) is 10.1 Å². The molecular weight excluding hydrogens is 403 g/mol. The van der Waals surface area contributed by atoms with Crippen molar-refractivity contribution in [3.63, 3.8) is 0 Å². The molecule has 0 saturated heterocycles. The Bertz CT molecular complexity index is 1300. The van der Waals surface area contributed by atoms with E-state index in [9.17, 15) is 9.18 Å². The lowest BCUT2D eigenvalue weighted by atomic mass is 9.81. The Hall–Kier alpha value is -3.25. The number of aryl methyl sites for hydroxylation is 1. The first kappa shape index (κ1) is 18.8. The van der Waals surface area contributed by atoms with Crippen molar-refractivity contribution >= 4 is 34.1 Å². The predicted molar refractivity (Wildman–Crippen MR) is 115 cm³/mol. The third-order valence-electron chi connectivity index (χ3n) is 5.67. The zero-order valence-corrected chi connectivity index (χ0v) is 16.9. The maximum Gasteiger partial charge on any atom is 0.167 e. The minimum atomic E-state index is -0.298. The number of pyridine rings is 1. The monoisotopic (exact) mass is 420 g/mol. The van der Waals surface area contributed by atoms with Crippen LogP contribution in [-0.4, -0.2) is 20.5 Å². The van der Waals surface area contributed by atoms with E-state index in [1.165, 1.54) is 12.1 Å². The fourth-order valence-corrected chi connectivity index (χ4v) is 4.35. The molecule has 1 aliphatic carbocycles. The standard InChI is InChI=1S/C23H18ClFN4O/c1-12-20-22(26)21-18(10-14(11-19(21)30)13-2-6-16(25)7-3-13)27-23(20)29(28-12)17-8-4-15(24)5-9-17/h2-9,14H,10-11H2,1H3,(H2,26,27). The molecule has 150 valence electrons. The summed E-state index contributed by atoms with van der Waals surface area (Å²) in [6, 6.07) is 13.6. The smallest absolute Gasteiger partial charge is 0.167 e. The van der Waals surface area contributed by atoms with Crippen molar-refractivity contribution in [1.29, 1.82) is 0 Å². The summed E-state index contributed by atoms with van der Waals surface area (Å²) in [7, 11) is 0. The number of hydrogen-bond acceptors (Lipinski definition) is 4. The molecule has 0 fully saturated rings. The molecule has 5 nitrogen and oxygen atoms in total. The summed E-state index contributed by atoms with van der Waals surface area (Å²) in [5, 5.41) is 5.93. The van der Waals surface area contributed by atoms with Gasteiger partial charge in [0.15, 0.2) is 11.4 Å². The number of halogens is 2. The van der Waals surface area contributed by atoms with Gasteiger partial charge in [0, 0.05) is 11.4 Å². The first-order chi connectivity index (χ1) is 14.4. The van der Waals surface area contributed by atoms with E-state index in [2.05, 4.69) is 5.10 Å². The second-order valence-corrected chi connectivity index (χ2v) is 8.04. The highest BCUT2D eigenvalue weighted by atomic mass is 35.5. The normalized spacial score (nSPS) is 16.1. The quantitative estimate of drug-likeness (QED) is 0.494. The molecule has 2 N–H and O–H groups in total. The van der Waals surface area contributed by atoms with Crippen LogP contribution in [-0.2, 0) is 6.42 Å². The molecule has 0 spiro atoms. The van der Waals surface area contributed by atoms with Gasteiger partial charge in [-0.2, -0.15) is 5.10 Å². The molecule has 30 heavy (non-hydrogen) atoms. The van der Waals surface area contributed by atoms with E-state index >= 15 is 0 Å². The Morgan fingerprint density at radius 2 is 1.80 bits per heavy atom. The number of carbonyl (C=O) groups excluding carboxylic acids is 1. The van der Waals surface area contributed by atoms with Crippen molar-refractivity contribution in [3.05, 3.63) is 81.9 Å². The van der Waals surface area contributed by atoms with Crippen LogP contribution in [0.1, 0.15) is 39.6 Å². The number of nitrogens with two attached hydrogens (primary N) is 1. The number of hydrogen-bond donors (Lipinski definition) is 1. The molecule has 0 amide bonds. The number of carbonyl (C=O) groups is 1. The SMILES string of the molecule is Cc1nn(-c2ccc(Cl)cc2)c2nc3c(c(N)c12)C(=O)CC(c1ccc(F)cc1)C3. The van der Waals surface area contributed by atoms with Crippen LogP contribution >= 0.6 is 11.6 Å². The van der Waals surface area contributed by atoms with Crippen molar-refractivity contribution < 1.29 is 9.18 Å². The lowest BCUT2D eigenvalue weighted by Gasteiger charge is -2.24. The molecule has 0 radical (unpaired) electrons. The number of Topliss-reactive ketones (excluding diaryl/α,β-unsaturated/α-hetero) is 1. The maximum absolute atomic E-state index is 13.3. The van der Waals surface area contributed by atoms with Gasteiger partial charge in [-0.3, -0.25) is 4.79 Å². The summed E-state index contributed by atoms with van der Waals surface area (Å²) in [6.45, 7) is 1.85. The highest BCUT2D eigenvalue weighted by molar-refractivity contribution is 6.30. The molecule has 1 atom stereocenters. The minimum absolute atomic E-state index is 0.0453. The number of nitrogens with zero attached hydrogens (tertiary/aromatic N) is 3. The van der Waals surface area contributed by atoms with Gasteiger partial charge in [-0.25, -0.2) is 14.1 Å². The molecule has 1 unspecified atom stereocenters. The van der Waals surface area contributed by atoms with Gasteiger partial charge in [0.2, 0.25) is 0 Å². The van der Waals surface area contributed by atoms with Gasteiger partial charge in [0.05, 0.1) is 33.7 Å². The van der Waals surface area contributed by atoms with Gasteiger partial charge in [0.25, 0.3) is 0 Å². The van der Waals surface area contributed by atoms with Crippen LogP contribution in [0.5, 0.6) is 0 Å². The van der Waals surface area contributed by atoms with Crippen LogP contribution < -0.4 is 5.73 Å². The Balaban J connectivity index is 1.67. The highest BCUT2D eigenvalue weighted by Crippen LogP contribution is 2.38. The van der Waals surface area contributed by atoms with Crippen LogP contribution in [0.2, 0.25) is 5.02 Å². The second-order valence-electron chi connectivity index (χ2n) is 7.60. The number of benzene rings is 2. The second kappa shape index (κ2) is 6.92. The number of aromatic nitrogens is 3. The number of ketones is 1. The third-order valence-corrected chi connectivity index (χ3v) is 5.92. The Morgan fingerprint density at radius 1 is 1.10 bits per heavy atom. The van der Waals surface area contributed by atoms with Crippen LogP contribution in [0.3, 0.4) is 0 Å². The van der Waals surface area contributed by atoms with E-state index in [1.54, 1.807) is 28.9 Å². The molecule has 2 aromatic carbocycles. The molecule has 2 aromatic heterocycles. The summed E-state index contributed by atoms with van der Waals surface area (Å²) in [4.78, 5) is 17.8. The highest BCUT2D eigenvalue weighted by Gasteiger charge is 2.31. The molecule has 0 aliphatic heterocycles. The molecule has 7 heteroatoms. The fourth-order valence-electron chi connectivity index (χ4n) is 4.22. The predicted octanol–water partition coefficient (Wildman–Crippen LogP) is 5.02. The fraction of sp³-hybridized carbons (Fsp3) is 0.174. The number of nitrogen functional groups attached to an aromatic ring is 1. The van der Waals surface area contributed by atoms with Crippen molar-refractivity contribution in [2.75, 3.05) is 5.73 Å². The lowest BCUT2D eigenvalue weighted by Crippen LogP contribution is -2.22. The average Bonchev–Trinajstić information content (AvgIpc) is 3.05. The van der Waals surface area contributed by atoms with E-state index in [-0.39, 0.29) is 17.5 Å². The first-order valence-electron chi connectivity index (χ1n) is 9.64. The topological polar surface area (TPSA) is 73.8 Å². The number of rotatable bonds is 2. The van der Waals surface area contributed by atoms with Crippen LogP contribution in [0.25, 0.3) is 16.7 Å². The van der Waals surface area contributed by atoms with E-state index < -0.39 is 0 Å². The van der Waals surface area contributed by atoms with Gasteiger partial charge in [-0.05, 0) is 61.2 Å². The molecule has 1 aliphatic rings. The van der Waals surface area contributed by atoms with Gasteiger partial charge < -0.3 is 5.73 Å². The van der Waals surface area contributed by atoms with Gasteiger partial charge >= 0.3 is 0 Å². The van der Waals surface area contributed by atoms with Gasteiger partial charge in [0.1, 0.15) is 5.82 Å². The molecule has 0 saturated carbocycles. The van der Waals surface area contributed by atoms with Crippen molar-refractivity contribution in [1.82, 2.24) is 14.8 Å². The van der Waals surface area contributed by atoms with E-state index in [1.807, 2.05) is 19.1 Å². The Labute approximate surface area is 177 Å². The lowest BCUT2D eigenvalue weighted by molar-refractivity contribution is 0.0964. The van der Waals surface area contributed by atoms with Gasteiger partial charge in [-0.1, -0.05) is 23.7 Å². The van der Waals surface area contributed by atoms with Crippen LogP contribution in [0.15, 0.2) is 48.5 Å². The third kappa shape index (κ3) is 2.95. The molecule has 0 bridgehead atoms. The Morgan fingerprint density at radius 3 is 2.50 bits per heavy atom. The summed E-state index contributed by atoms with van der Waals surface area (Å²) in [5.74, 6) is -0.410. The number of anilines is 1. The van der Waals surface area contributed by atoms with E-state index in [0.29, 0.717) is 51.5 Å². The van der Waals surface area contributed by atoms with E-state index in [4.69, 9.17) is 22.3 Å². The van der Waals surface area contributed by atoms with Crippen molar-refractivity contribution in [3.8, 4) is 5.69 Å². The molecule has 4 aromatic rings. The largest absolute Gasteiger partial charge is 0.397 e. The van der Waals surface area contributed by atoms with Crippen molar-refractivity contribution in [2.24, 2.45) is 0 Å². The van der Waals surface area contributed by atoms with Crippen LogP contribution in [0, 0.1) is 12.7 Å². The van der Waals surface area contributed by atoms with E-state index in [0.717, 1.165) is 11.3 Å². The summed E-state index contributed by atoms with van der Waals surface area (Å²) in [6.07, 6.45) is 0.873. The average molecular weight is 421 g/mol. The summed E-state index contributed by atoms with van der Waals surface area (Å²) < 4.78 is 15.0. The molecular formula is C23H18ClFN4O. The summed E-state index contributed by atoms with van der Waals surface area (Å²) in [5.41, 5.74) is 11.1. The zero-order valence-electron chi connectivity index (χ0n) is 16.2. The zero-order chi connectivity index (χ0) is 21.0. The molecule has 5 rings (SSSR count). The summed E-state index contributed by atoms with van der Waals surface area (Å²) >= 11 is 6.02. The Kier molecular flexibility index (Phi) is 4.33.